The van der Waals surface area contributed by atoms with Crippen LogP contribution < -0.4 is 4.90 Å². The molecule has 10 heteroatoms. The van der Waals surface area contributed by atoms with Crippen molar-refractivity contribution >= 4 is 46.4 Å². The molecule has 0 saturated carbocycles. The van der Waals surface area contributed by atoms with E-state index < -0.39 is 12.2 Å². The summed E-state index contributed by atoms with van der Waals surface area (Å²) in [5.41, 5.74) is 0.666. The Bertz CT molecular complexity index is 742. The first kappa shape index (κ1) is 17.6. The van der Waals surface area contributed by atoms with Crippen molar-refractivity contribution in [2.75, 3.05) is 24.0 Å². The van der Waals surface area contributed by atoms with Gasteiger partial charge in [0.05, 0.1) is 6.54 Å². The molecule has 1 aliphatic rings. The molecule has 0 aliphatic carbocycles. The summed E-state index contributed by atoms with van der Waals surface area (Å²) in [4.78, 5) is 6.50. The van der Waals surface area contributed by atoms with Crippen LogP contribution in [0.5, 0.6) is 0 Å². The number of aliphatic imine (C=N–C) groups is 1. The zero-order valence-corrected chi connectivity index (χ0v) is 15.2. The van der Waals surface area contributed by atoms with Gasteiger partial charge in [0.2, 0.25) is 0 Å². The summed E-state index contributed by atoms with van der Waals surface area (Å²) in [6.45, 7) is -0.244. The van der Waals surface area contributed by atoms with E-state index in [2.05, 4.69) is 15.2 Å². The Balaban J connectivity index is 1.97. The molecule has 3 rings (SSSR count). The highest BCUT2D eigenvalue weighted by Gasteiger charge is 2.46. The van der Waals surface area contributed by atoms with Gasteiger partial charge in [-0.1, -0.05) is 23.1 Å². The molecule has 1 aromatic carbocycles. The maximum atomic E-state index is 13.2. The maximum Gasteiger partial charge on any atom is 0.412 e. The molecule has 4 nitrogen and oxygen atoms in total. The van der Waals surface area contributed by atoms with Gasteiger partial charge in [-0.3, -0.25) is 4.99 Å². The molecule has 24 heavy (non-hydrogen) atoms. The lowest BCUT2D eigenvalue weighted by Crippen LogP contribution is -2.35. The van der Waals surface area contributed by atoms with Crippen molar-refractivity contribution in [3.8, 4) is 0 Å². The van der Waals surface area contributed by atoms with E-state index in [4.69, 9.17) is 0 Å². The molecule has 0 amide bonds. The summed E-state index contributed by atoms with van der Waals surface area (Å²) in [5.74, 6) is 0.229. The lowest BCUT2D eigenvalue weighted by Gasteiger charge is -2.20. The second-order valence-corrected chi connectivity index (χ2v) is 7.81. The Hall–Kier alpha value is -1.26. The minimum atomic E-state index is -4.38. The number of alkyl halides is 3. The molecule has 0 saturated heterocycles. The Morgan fingerprint density at radius 3 is 2.38 bits per heavy atom. The van der Waals surface area contributed by atoms with E-state index in [0.29, 0.717) is 15.0 Å². The van der Waals surface area contributed by atoms with E-state index in [0.717, 1.165) is 4.90 Å². The van der Waals surface area contributed by atoms with Crippen LogP contribution in [0.1, 0.15) is 5.01 Å². The van der Waals surface area contributed by atoms with E-state index >= 15 is 0 Å². The molecule has 0 fully saturated rings. The van der Waals surface area contributed by atoms with Gasteiger partial charge in [-0.05, 0) is 36.8 Å². The van der Waals surface area contributed by atoms with E-state index in [9.17, 15) is 13.2 Å². The van der Waals surface area contributed by atoms with Crippen molar-refractivity contribution in [3.63, 3.8) is 0 Å². The van der Waals surface area contributed by atoms with Crippen LogP contribution in [0.15, 0.2) is 38.5 Å². The lowest BCUT2D eigenvalue weighted by atomic mass is 10.2. The van der Waals surface area contributed by atoms with Gasteiger partial charge >= 0.3 is 6.18 Å². The van der Waals surface area contributed by atoms with Gasteiger partial charge in [-0.25, -0.2) is 0 Å². The predicted molar refractivity (Wildman–Crippen MR) is 93.6 cm³/mol. The summed E-state index contributed by atoms with van der Waals surface area (Å²) >= 11 is 4.23. The Morgan fingerprint density at radius 2 is 1.83 bits per heavy atom. The van der Waals surface area contributed by atoms with Crippen LogP contribution in [-0.2, 0) is 0 Å². The van der Waals surface area contributed by atoms with E-state index in [1.807, 2.05) is 24.6 Å². The molecular formula is C14H13F3N4S3. The third-order valence-electron chi connectivity index (χ3n) is 3.42. The number of hydrogen-bond donors (Lipinski definition) is 0. The summed E-state index contributed by atoms with van der Waals surface area (Å²) in [7, 11) is 0. The molecule has 1 unspecified atom stereocenters. The minimum absolute atomic E-state index is 0.229. The first-order valence-electron chi connectivity index (χ1n) is 6.86. The molecule has 1 aliphatic heterocycles. The molecule has 128 valence electrons. The van der Waals surface area contributed by atoms with Crippen LogP contribution in [-0.4, -0.2) is 47.3 Å². The molecule has 0 N–H and O–H groups in total. The van der Waals surface area contributed by atoms with Crippen LogP contribution in [0, 0.1) is 0 Å². The van der Waals surface area contributed by atoms with E-state index in [1.54, 1.807) is 28.8 Å². The first-order chi connectivity index (χ1) is 11.4. The quantitative estimate of drug-likeness (QED) is 0.733. The van der Waals surface area contributed by atoms with Gasteiger partial charge < -0.3 is 4.90 Å². The minimum Gasteiger partial charge on any atom is -0.322 e. The van der Waals surface area contributed by atoms with Crippen LogP contribution in [0.3, 0.4) is 0 Å². The van der Waals surface area contributed by atoms with Crippen molar-refractivity contribution in [2.24, 2.45) is 4.99 Å². The average Bonchev–Trinajstić information content (AvgIpc) is 3.21. The van der Waals surface area contributed by atoms with Crippen molar-refractivity contribution in [2.45, 2.75) is 21.5 Å². The summed E-state index contributed by atoms with van der Waals surface area (Å²) in [5, 5.41) is 8.36. The Labute approximate surface area is 149 Å². The molecule has 1 aromatic heterocycles. The molecule has 2 aromatic rings. The van der Waals surface area contributed by atoms with Crippen molar-refractivity contribution < 1.29 is 13.2 Å². The molecule has 0 radical (unpaired) electrons. The predicted octanol–water partition coefficient (Wildman–Crippen LogP) is 4.18. The number of rotatable bonds is 4. The second-order valence-electron chi connectivity index (χ2n) is 4.90. The number of thioether (sulfide) groups is 2. The normalized spacial score (nSPS) is 18.1. The van der Waals surface area contributed by atoms with Crippen LogP contribution in [0.4, 0.5) is 18.9 Å². The van der Waals surface area contributed by atoms with Crippen molar-refractivity contribution in [3.05, 3.63) is 29.3 Å². The smallest absolute Gasteiger partial charge is 0.322 e. The fraction of sp³-hybridized carbons (Fsp3) is 0.357. The third-order valence-corrected chi connectivity index (χ3v) is 6.06. The maximum absolute atomic E-state index is 13.2. The number of benzene rings is 1. The fourth-order valence-electron chi connectivity index (χ4n) is 2.24. The largest absolute Gasteiger partial charge is 0.412 e. The molecule has 0 spiro atoms. The highest BCUT2D eigenvalue weighted by molar-refractivity contribution is 8.00. The summed E-state index contributed by atoms with van der Waals surface area (Å²) in [6.07, 6.45) is -0.590. The number of aromatic nitrogens is 2. The van der Waals surface area contributed by atoms with Gasteiger partial charge in [0.15, 0.2) is 21.2 Å². The van der Waals surface area contributed by atoms with Gasteiger partial charge in [-0.15, -0.1) is 22.0 Å². The summed E-state index contributed by atoms with van der Waals surface area (Å²) in [6, 6.07) is 5.61. The highest BCUT2D eigenvalue weighted by Crippen LogP contribution is 2.33. The fourth-order valence-corrected chi connectivity index (χ4v) is 3.92. The molecular weight excluding hydrogens is 377 g/mol. The number of amidine groups is 1. The number of hydrogen-bond acceptors (Lipinski definition) is 7. The van der Waals surface area contributed by atoms with Gasteiger partial charge in [0.1, 0.15) is 0 Å². The van der Waals surface area contributed by atoms with Crippen molar-refractivity contribution in [1.29, 1.82) is 0 Å². The Morgan fingerprint density at radius 1 is 1.12 bits per heavy atom. The standard InChI is InChI=1S/C14H13F3N4S3/c1-22-9-5-3-8(4-6-9)21-7-10(14(15,16)17)18-11(21)12-19-20-13(23-2)24-12/h3-6,10H,7H2,1-2H3. The number of nitrogens with zero attached hydrogens (tertiary/aromatic N) is 4. The van der Waals surface area contributed by atoms with Gasteiger partial charge in [-0.2, -0.15) is 13.2 Å². The van der Waals surface area contributed by atoms with Crippen LogP contribution >= 0.6 is 34.9 Å². The average molecular weight is 390 g/mol. The zero-order valence-electron chi connectivity index (χ0n) is 12.7. The van der Waals surface area contributed by atoms with E-state index in [-0.39, 0.29) is 12.4 Å². The molecule has 1 atom stereocenters. The molecule has 0 bridgehead atoms. The van der Waals surface area contributed by atoms with Crippen LogP contribution in [0.25, 0.3) is 0 Å². The number of halogens is 3. The first-order valence-corrected chi connectivity index (χ1v) is 10.1. The van der Waals surface area contributed by atoms with E-state index in [1.165, 1.54) is 23.1 Å². The Kier molecular flexibility index (Phi) is 5.07. The molecule has 2 heterocycles. The zero-order chi connectivity index (χ0) is 17.3. The number of anilines is 1. The van der Waals surface area contributed by atoms with Gasteiger partial charge in [0.25, 0.3) is 0 Å². The SMILES string of the molecule is CSc1ccc(N2CC(C(F)(F)F)N=C2c2nnc(SC)s2)cc1. The second kappa shape index (κ2) is 6.93. The topological polar surface area (TPSA) is 41.4 Å². The van der Waals surface area contributed by atoms with Crippen LogP contribution in [0.2, 0.25) is 0 Å². The van der Waals surface area contributed by atoms with Crippen molar-refractivity contribution in [1.82, 2.24) is 10.2 Å². The van der Waals surface area contributed by atoms with Gasteiger partial charge in [0, 0.05) is 10.6 Å². The highest BCUT2D eigenvalue weighted by atomic mass is 32.2. The third kappa shape index (κ3) is 3.55. The summed E-state index contributed by atoms with van der Waals surface area (Å²) < 4.78 is 40.2. The lowest BCUT2D eigenvalue weighted by molar-refractivity contribution is -0.142. The monoisotopic (exact) mass is 390 g/mol.